The maximum Gasteiger partial charge on any atom is 0.205 e. The second-order valence-electron chi connectivity index (χ2n) is 4.16. The summed E-state index contributed by atoms with van der Waals surface area (Å²) in [5.41, 5.74) is 7.02. The number of benzene rings is 2. The molecule has 20 heavy (non-hydrogen) atoms. The summed E-state index contributed by atoms with van der Waals surface area (Å²) in [6.45, 7) is 0. The van der Waals surface area contributed by atoms with Gasteiger partial charge in [0.2, 0.25) is 5.95 Å². The molecule has 0 amide bonds. The normalized spacial score (nSPS) is 11.2. The lowest BCUT2D eigenvalue weighted by atomic mass is 10.2. The van der Waals surface area contributed by atoms with E-state index in [-0.39, 0.29) is 16.0 Å². The average molecular weight is 314 g/mol. The Bertz CT molecular complexity index is 830. The van der Waals surface area contributed by atoms with Crippen molar-refractivity contribution in [2.45, 2.75) is 0 Å². The highest BCUT2D eigenvalue weighted by Gasteiger charge is 2.14. The Hall–Kier alpha value is -1.85. The summed E-state index contributed by atoms with van der Waals surface area (Å²) in [5.74, 6) is -1.10. The highest BCUT2D eigenvalue weighted by atomic mass is 35.5. The Kier molecular flexibility index (Phi) is 3.03. The number of anilines is 1. The van der Waals surface area contributed by atoms with Gasteiger partial charge in [-0.1, -0.05) is 23.2 Å². The van der Waals surface area contributed by atoms with E-state index in [2.05, 4.69) is 4.98 Å². The molecule has 0 radical (unpaired) electrons. The largest absolute Gasteiger partial charge is 0.369 e. The van der Waals surface area contributed by atoms with Gasteiger partial charge in [0.05, 0.1) is 26.8 Å². The first-order chi connectivity index (χ1) is 9.47. The molecule has 0 fully saturated rings. The van der Waals surface area contributed by atoms with Crippen molar-refractivity contribution in [3.05, 3.63) is 52.0 Å². The minimum Gasteiger partial charge on any atom is -0.369 e. The Morgan fingerprint density at radius 1 is 1.00 bits per heavy atom. The average Bonchev–Trinajstić information content (AvgIpc) is 2.69. The highest BCUT2D eigenvalue weighted by Crippen LogP contribution is 2.28. The first kappa shape index (κ1) is 13.1. The summed E-state index contributed by atoms with van der Waals surface area (Å²) >= 11 is 11.3. The van der Waals surface area contributed by atoms with Crippen LogP contribution in [0.4, 0.5) is 14.7 Å². The Morgan fingerprint density at radius 3 is 2.40 bits per heavy atom. The third kappa shape index (κ3) is 1.99. The lowest BCUT2D eigenvalue weighted by Crippen LogP contribution is -2.01. The molecule has 3 rings (SSSR count). The van der Waals surface area contributed by atoms with Crippen LogP contribution < -0.4 is 5.73 Å². The zero-order valence-electron chi connectivity index (χ0n) is 9.87. The molecule has 1 heterocycles. The molecule has 3 aromatic rings. The van der Waals surface area contributed by atoms with Crippen LogP contribution in [0.2, 0.25) is 10.0 Å². The fourth-order valence-corrected chi connectivity index (χ4v) is 2.26. The number of nitrogen functional groups attached to an aromatic ring is 1. The van der Waals surface area contributed by atoms with Gasteiger partial charge in [0.25, 0.3) is 0 Å². The van der Waals surface area contributed by atoms with Gasteiger partial charge in [-0.3, -0.25) is 4.57 Å². The summed E-state index contributed by atoms with van der Waals surface area (Å²) in [6, 6.07) is 6.73. The number of nitrogens with two attached hydrogens (primary N) is 1. The molecule has 0 aliphatic rings. The van der Waals surface area contributed by atoms with Crippen LogP contribution in [0.3, 0.4) is 0 Å². The molecule has 0 spiro atoms. The number of fused-ring (bicyclic) bond motifs is 1. The molecule has 2 N–H and O–H groups in total. The molecule has 0 atom stereocenters. The van der Waals surface area contributed by atoms with Crippen molar-refractivity contribution in [2.24, 2.45) is 0 Å². The summed E-state index contributed by atoms with van der Waals surface area (Å²) in [4.78, 5) is 4.08. The zero-order valence-corrected chi connectivity index (χ0v) is 11.4. The first-order valence-electron chi connectivity index (χ1n) is 5.56. The highest BCUT2D eigenvalue weighted by molar-refractivity contribution is 6.31. The fourth-order valence-electron chi connectivity index (χ4n) is 1.99. The second-order valence-corrected chi connectivity index (χ2v) is 4.97. The van der Waals surface area contributed by atoms with E-state index in [1.54, 1.807) is 6.07 Å². The fraction of sp³-hybridized carbons (Fsp3) is 0. The number of halogens is 4. The number of hydrogen-bond acceptors (Lipinski definition) is 2. The Morgan fingerprint density at radius 2 is 1.70 bits per heavy atom. The molecule has 102 valence electrons. The third-order valence-corrected chi connectivity index (χ3v) is 3.48. The Balaban J connectivity index is 2.32. The molecule has 0 unspecified atom stereocenters. The minimum absolute atomic E-state index is 0.00836. The van der Waals surface area contributed by atoms with E-state index in [1.165, 1.54) is 28.8 Å². The summed E-state index contributed by atoms with van der Waals surface area (Å²) in [6.07, 6.45) is 0. The van der Waals surface area contributed by atoms with Crippen LogP contribution in [0.15, 0.2) is 30.3 Å². The topological polar surface area (TPSA) is 43.8 Å². The van der Waals surface area contributed by atoms with Crippen LogP contribution in [-0.4, -0.2) is 9.55 Å². The van der Waals surface area contributed by atoms with Crippen LogP contribution in [0, 0.1) is 11.6 Å². The van der Waals surface area contributed by atoms with Gasteiger partial charge in [0.1, 0.15) is 11.6 Å². The zero-order chi connectivity index (χ0) is 14.4. The van der Waals surface area contributed by atoms with Crippen molar-refractivity contribution in [3.63, 3.8) is 0 Å². The lowest BCUT2D eigenvalue weighted by molar-refractivity contribution is 0.627. The lowest BCUT2D eigenvalue weighted by Gasteiger charge is -2.07. The van der Waals surface area contributed by atoms with Crippen molar-refractivity contribution in [3.8, 4) is 5.69 Å². The summed E-state index contributed by atoms with van der Waals surface area (Å²) in [5, 5.41) is -0.0598. The van der Waals surface area contributed by atoms with E-state index >= 15 is 0 Å². The van der Waals surface area contributed by atoms with Crippen LogP contribution >= 0.6 is 23.2 Å². The maximum atomic E-state index is 13.6. The van der Waals surface area contributed by atoms with Crippen LogP contribution in [-0.2, 0) is 0 Å². The smallest absolute Gasteiger partial charge is 0.205 e. The van der Waals surface area contributed by atoms with Gasteiger partial charge in [-0.05, 0) is 24.3 Å². The predicted octanol–water partition coefficient (Wildman–Crippen LogP) is 4.19. The van der Waals surface area contributed by atoms with Gasteiger partial charge in [-0.25, -0.2) is 13.8 Å². The van der Waals surface area contributed by atoms with Crippen molar-refractivity contribution in [2.75, 3.05) is 5.73 Å². The molecule has 7 heteroatoms. The number of nitrogens with zero attached hydrogens (tertiary/aromatic N) is 2. The number of rotatable bonds is 1. The molecule has 0 aliphatic carbocycles. The molecular formula is C13H7Cl2F2N3. The SMILES string of the molecule is Nc1nc2cc(Cl)c(F)cc2n1-c1ccc(Cl)c(F)c1. The van der Waals surface area contributed by atoms with Crippen molar-refractivity contribution >= 4 is 40.2 Å². The van der Waals surface area contributed by atoms with Crippen LogP contribution in [0.25, 0.3) is 16.7 Å². The number of hydrogen-bond donors (Lipinski definition) is 1. The van der Waals surface area contributed by atoms with E-state index in [1.807, 2.05) is 0 Å². The Labute approximate surface area is 122 Å². The quantitative estimate of drug-likeness (QED) is 0.732. The van der Waals surface area contributed by atoms with Crippen molar-refractivity contribution in [1.29, 1.82) is 0 Å². The summed E-state index contributed by atoms with van der Waals surface area (Å²) < 4.78 is 28.6. The standard InChI is InChI=1S/C13H7Cl2F2N3/c14-7-2-1-6(3-9(7)16)20-12-5-10(17)8(15)4-11(12)19-13(20)18/h1-5H,(H2,18,19). The molecule has 3 nitrogen and oxygen atoms in total. The van der Waals surface area contributed by atoms with E-state index in [4.69, 9.17) is 28.9 Å². The molecule has 1 aromatic heterocycles. The van der Waals surface area contributed by atoms with Crippen LogP contribution in [0.1, 0.15) is 0 Å². The van der Waals surface area contributed by atoms with E-state index in [0.29, 0.717) is 16.7 Å². The number of aromatic nitrogens is 2. The minimum atomic E-state index is -0.602. The van der Waals surface area contributed by atoms with Gasteiger partial charge >= 0.3 is 0 Å². The molecule has 0 bridgehead atoms. The first-order valence-corrected chi connectivity index (χ1v) is 6.31. The van der Waals surface area contributed by atoms with Gasteiger partial charge in [-0.15, -0.1) is 0 Å². The third-order valence-electron chi connectivity index (χ3n) is 2.88. The van der Waals surface area contributed by atoms with Gasteiger partial charge in [0.15, 0.2) is 0 Å². The van der Waals surface area contributed by atoms with Gasteiger partial charge < -0.3 is 5.73 Å². The molecule has 0 aliphatic heterocycles. The van der Waals surface area contributed by atoms with E-state index in [9.17, 15) is 8.78 Å². The van der Waals surface area contributed by atoms with Crippen LogP contribution in [0.5, 0.6) is 0 Å². The maximum absolute atomic E-state index is 13.6. The summed E-state index contributed by atoms with van der Waals surface area (Å²) in [7, 11) is 0. The van der Waals surface area contributed by atoms with Gasteiger partial charge in [-0.2, -0.15) is 0 Å². The van der Waals surface area contributed by atoms with Crippen molar-refractivity contribution < 1.29 is 8.78 Å². The second kappa shape index (κ2) is 4.61. The molecule has 0 saturated heterocycles. The molecule has 2 aromatic carbocycles. The van der Waals surface area contributed by atoms with E-state index in [0.717, 1.165) is 0 Å². The van der Waals surface area contributed by atoms with Crippen molar-refractivity contribution in [1.82, 2.24) is 9.55 Å². The predicted molar refractivity (Wildman–Crippen MR) is 75.4 cm³/mol. The van der Waals surface area contributed by atoms with Gasteiger partial charge in [0, 0.05) is 6.07 Å². The monoisotopic (exact) mass is 313 g/mol. The molecular weight excluding hydrogens is 307 g/mol. The number of imidazole rings is 1. The molecule has 0 saturated carbocycles. The van der Waals surface area contributed by atoms with E-state index < -0.39 is 11.6 Å².